The van der Waals surface area contributed by atoms with Crippen LogP contribution in [0.2, 0.25) is 0 Å². The van der Waals surface area contributed by atoms with Crippen LogP contribution in [0, 0.1) is 0 Å². The van der Waals surface area contributed by atoms with Crippen molar-refractivity contribution in [1.29, 1.82) is 0 Å². The Morgan fingerprint density at radius 1 is 1.44 bits per heavy atom. The maximum absolute atomic E-state index is 4.60. The van der Waals surface area contributed by atoms with Gasteiger partial charge in [0.2, 0.25) is 5.95 Å². The fourth-order valence-corrected chi connectivity index (χ4v) is 2.24. The topological polar surface area (TPSA) is 41.9 Å². The number of aryl methyl sites for hydroxylation is 1. The molecule has 3 rings (SSSR count). The summed E-state index contributed by atoms with van der Waals surface area (Å²) in [4.78, 5) is 4.60. The fourth-order valence-electron chi connectivity index (χ4n) is 2.24. The van der Waals surface area contributed by atoms with Crippen LogP contribution in [0.5, 0.6) is 0 Å². The van der Waals surface area contributed by atoms with Crippen molar-refractivity contribution in [3.63, 3.8) is 0 Å². The van der Waals surface area contributed by atoms with Crippen molar-refractivity contribution < 1.29 is 0 Å². The highest BCUT2D eigenvalue weighted by Crippen LogP contribution is 2.18. The van der Waals surface area contributed by atoms with Crippen LogP contribution >= 0.6 is 0 Å². The van der Waals surface area contributed by atoms with Crippen molar-refractivity contribution in [3.8, 4) is 0 Å². The van der Waals surface area contributed by atoms with Crippen molar-refractivity contribution in [2.45, 2.75) is 12.5 Å². The molecule has 4 heteroatoms. The SMILES string of the molecule is Cn1c(NC2CCNC2)nc2ccccc21. The van der Waals surface area contributed by atoms with E-state index in [4.69, 9.17) is 0 Å². The smallest absolute Gasteiger partial charge is 0.203 e. The monoisotopic (exact) mass is 216 g/mol. The molecule has 1 aliphatic heterocycles. The molecule has 1 fully saturated rings. The first-order chi connectivity index (χ1) is 7.84. The van der Waals surface area contributed by atoms with E-state index in [1.54, 1.807) is 0 Å². The minimum Gasteiger partial charge on any atom is -0.352 e. The van der Waals surface area contributed by atoms with E-state index >= 15 is 0 Å². The summed E-state index contributed by atoms with van der Waals surface area (Å²) in [6, 6.07) is 8.73. The Morgan fingerprint density at radius 2 is 2.31 bits per heavy atom. The first-order valence-electron chi connectivity index (χ1n) is 5.73. The van der Waals surface area contributed by atoms with Crippen LogP contribution in [0.4, 0.5) is 5.95 Å². The van der Waals surface area contributed by atoms with Crippen LogP contribution in [0.25, 0.3) is 11.0 Å². The molecule has 2 N–H and O–H groups in total. The molecule has 1 saturated heterocycles. The summed E-state index contributed by atoms with van der Waals surface area (Å²) in [6.45, 7) is 2.13. The van der Waals surface area contributed by atoms with Gasteiger partial charge in [0.25, 0.3) is 0 Å². The van der Waals surface area contributed by atoms with Crippen LogP contribution in [0.15, 0.2) is 24.3 Å². The third kappa shape index (κ3) is 1.55. The number of para-hydroxylation sites is 2. The van der Waals surface area contributed by atoms with E-state index in [0.717, 1.165) is 24.6 Å². The van der Waals surface area contributed by atoms with Gasteiger partial charge in [-0.1, -0.05) is 12.1 Å². The van der Waals surface area contributed by atoms with Crippen LogP contribution in [0.1, 0.15) is 6.42 Å². The third-order valence-electron chi connectivity index (χ3n) is 3.18. The van der Waals surface area contributed by atoms with E-state index < -0.39 is 0 Å². The molecular formula is C12H16N4. The lowest BCUT2D eigenvalue weighted by atomic mass is 10.3. The second-order valence-electron chi connectivity index (χ2n) is 4.32. The molecule has 1 aromatic heterocycles. The summed E-state index contributed by atoms with van der Waals surface area (Å²) in [5, 5.41) is 6.83. The van der Waals surface area contributed by atoms with Gasteiger partial charge in [-0.25, -0.2) is 4.98 Å². The summed E-state index contributed by atoms with van der Waals surface area (Å²) in [5.41, 5.74) is 2.23. The number of nitrogens with one attached hydrogen (secondary N) is 2. The van der Waals surface area contributed by atoms with Gasteiger partial charge < -0.3 is 15.2 Å². The number of hydrogen-bond acceptors (Lipinski definition) is 3. The summed E-state index contributed by atoms with van der Waals surface area (Å²) < 4.78 is 2.12. The quantitative estimate of drug-likeness (QED) is 0.796. The molecule has 0 amide bonds. The average molecular weight is 216 g/mol. The molecule has 1 atom stereocenters. The summed E-state index contributed by atoms with van der Waals surface area (Å²) in [5.74, 6) is 0.968. The molecule has 1 aromatic carbocycles. The lowest BCUT2D eigenvalue weighted by Gasteiger charge is -2.11. The number of fused-ring (bicyclic) bond motifs is 1. The van der Waals surface area contributed by atoms with E-state index in [-0.39, 0.29) is 0 Å². The second-order valence-corrected chi connectivity index (χ2v) is 4.32. The minimum absolute atomic E-state index is 0.510. The predicted octanol–water partition coefficient (Wildman–Crippen LogP) is 1.35. The number of benzene rings is 1. The highest BCUT2D eigenvalue weighted by Gasteiger charge is 2.16. The van der Waals surface area contributed by atoms with Gasteiger partial charge in [-0.2, -0.15) is 0 Å². The Balaban J connectivity index is 1.94. The molecule has 16 heavy (non-hydrogen) atoms. The first kappa shape index (κ1) is 9.66. The number of aromatic nitrogens is 2. The fraction of sp³-hybridized carbons (Fsp3) is 0.417. The lowest BCUT2D eigenvalue weighted by Crippen LogP contribution is -2.23. The van der Waals surface area contributed by atoms with Gasteiger partial charge in [0, 0.05) is 19.6 Å². The predicted molar refractivity (Wildman–Crippen MR) is 65.6 cm³/mol. The Bertz CT molecular complexity index is 497. The Morgan fingerprint density at radius 3 is 3.06 bits per heavy atom. The largest absolute Gasteiger partial charge is 0.352 e. The zero-order valence-corrected chi connectivity index (χ0v) is 9.40. The van der Waals surface area contributed by atoms with Crippen LogP contribution in [0.3, 0.4) is 0 Å². The Kier molecular flexibility index (Phi) is 2.29. The van der Waals surface area contributed by atoms with E-state index in [2.05, 4.69) is 33.3 Å². The van der Waals surface area contributed by atoms with Crippen molar-refractivity contribution in [2.75, 3.05) is 18.4 Å². The Labute approximate surface area is 94.7 Å². The molecule has 0 spiro atoms. The van der Waals surface area contributed by atoms with Crippen molar-refractivity contribution in [1.82, 2.24) is 14.9 Å². The molecule has 2 aromatic rings. The third-order valence-corrected chi connectivity index (χ3v) is 3.18. The van der Waals surface area contributed by atoms with Gasteiger partial charge in [-0.3, -0.25) is 0 Å². The van der Waals surface area contributed by atoms with Gasteiger partial charge in [-0.15, -0.1) is 0 Å². The zero-order valence-electron chi connectivity index (χ0n) is 9.40. The van der Waals surface area contributed by atoms with E-state index in [1.807, 2.05) is 18.2 Å². The number of imidazole rings is 1. The minimum atomic E-state index is 0.510. The van der Waals surface area contributed by atoms with Crippen LogP contribution < -0.4 is 10.6 Å². The normalized spacial score (nSPS) is 20.4. The van der Waals surface area contributed by atoms with Crippen molar-refractivity contribution in [3.05, 3.63) is 24.3 Å². The first-order valence-corrected chi connectivity index (χ1v) is 5.73. The van der Waals surface area contributed by atoms with Gasteiger partial charge in [0.05, 0.1) is 11.0 Å². The Hall–Kier alpha value is -1.55. The zero-order chi connectivity index (χ0) is 11.0. The number of rotatable bonds is 2. The standard InChI is InChI=1S/C12H16N4/c1-16-11-5-3-2-4-10(11)15-12(16)14-9-6-7-13-8-9/h2-5,9,13H,6-8H2,1H3,(H,14,15). The molecule has 0 saturated carbocycles. The molecule has 0 aliphatic carbocycles. The van der Waals surface area contributed by atoms with E-state index in [9.17, 15) is 0 Å². The van der Waals surface area contributed by atoms with Gasteiger partial charge >= 0.3 is 0 Å². The number of hydrogen-bond donors (Lipinski definition) is 2. The molecule has 4 nitrogen and oxygen atoms in total. The highest BCUT2D eigenvalue weighted by molar-refractivity contribution is 5.78. The van der Waals surface area contributed by atoms with E-state index in [0.29, 0.717) is 6.04 Å². The summed E-state index contributed by atoms with van der Waals surface area (Å²) in [6.07, 6.45) is 1.17. The molecule has 1 unspecified atom stereocenters. The van der Waals surface area contributed by atoms with Crippen LogP contribution in [-0.4, -0.2) is 28.7 Å². The summed E-state index contributed by atoms with van der Waals surface area (Å²) in [7, 11) is 2.06. The molecule has 1 aliphatic rings. The highest BCUT2D eigenvalue weighted by atomic mass is 15.2. The average Bonchev–Trinajstić information content (AvgIpc) is 2.90. The molecule has 0 radical (unpaired) electrons. The maximum Gasteiger partial charge on any atom is 0.203 e. The lowest BCUT2D eigenvalue weighted by molar-refractivity contribution is 0.768. The molecular weight excluding hydrogens is 200 g/mol. The molecule has 84 valence electrons. The van der Waals surface area contributed by atoms with Gasteiger partial charge in [-0.05, 0) is 25.1 Å². The van der Waals surface area contributed by atoms with Crippen molar-refractivity contribution in [2.24, 2.45) is 7.05 Å². The maximum atomic E-state index is 4.60. The van der Waals surface area contributed by atoms with E-state index in [1.165, 1.54) is 11.9 Å². The van der Waals surface area contributed by atoms with Crippen LogP contribution in [-0.2, 0) is 7.05 Å². The molecule has 0 bridgehead atoms. The van der Waals surface area contributed by atoms with Gasteiger partial charge in [0.15, 0.2) is 0 Å². The summed E-state index contributed by atoms with van der Waals surface area (Å²) >= 11 is 0. The second kappa shape index (κ2) is 3.79. The number of nitrogens with zero attached hydrogens (tertiary/aromatic N) is 2. The van der Waals surface area contributed by atoms with Gasteiger partial charge in [0.1, 0.15) is 0 Å². The van der Waals surface area contributed by atoms with Crippen molar-refractivity contribution >= 4 is 17.0 Å². The molecule has 2 heterocycles. The number of anilines is 1.